The first kappa shape index (κ1) is 88.1. The van der Waals surface area contributed by atoms with Crippen LogP contribution in [0.1, 0.15) is 374 Å². The van der Waals surface area contributed by atoms with Gasteiger partial charge in [0, 0.05) is 25.7 Å². The molecule has 17 nitrogen and oxygen atoms in total. The van der Waals surface area contributed by atoms with E-state index >= 15 is 0 Å². The number of phosphoric acid groups is 2. The lowest BCUT2D eigenvalue weighted by Crippen LogP contribution is -2.30. The highest BCUT2D eigenvalue weighted by molar-refractivity contribution is 7.47. The van der Waals surface area contributed by atoms with Crippen LogP contribution in [0.3, 0.4) is 0 Å². The van der Waals surface area contributed by atoms with E-state index in [1.54, 1.807) is 0 Å². The van der Waals surface area contributed by atoms with E-state index in [-0.39, 0.29) is 25.7 Å². The van der Waals surface area contributed by atoms with Crippen molar-refractivity contribution in [3.8, 4) is 0 Å². The van der Waals surface area contributed by atoms with E-state index in [1.165, 1.54) is 205 Å². The normalized spacial score (nSPS) is 14.0. The Balaban J connectivity index is 5.22. The average Bonchev–Trinajstić information content (AvgIpc) is 3.73. The van der Waals surface area contributed by atoms with Gasteiger partial charge in [-0.05, 0) is 25.7 Å². The maximum atomic E-state index is 13.0. The number of hydrogen-bond acceptors (Lipinski definition) is 15. The Kier molecular flexibility index (Phi) is 64.3. The topological polar surface area (TPSA) is 237 Å². The van der Waals surface area contributed by atoms with Gasteiger partial charge < -0.3 is 33.8 Å². The van der Waals surface area contributed by atoms with Crippen molar-refractivity contribution < 1.29 is 80.2 Å². The Morgan fingerprint density at radius 2 is 0.444 bits per heavy atom. The lowest BCUT2D eigenvalue weighted by atomic mass is 10.0. The van der Waals surface area contributed by atoms with Gasteiger partial charge in [-0.2, -0.15) is 0 Å². The molecule has 0 saturated carbocycles. The minimum absolute atomic E-state index is 0.107. The minimum Gasteiger partial charge on any atom is -0.462 e. The van der Waals surface area contributed by atoms with Crippen molar-refractivity contribution in [2.75, 3.05) is 39.6 Å². The first-order valence-corrected chi connectivity index (χ1v) is 40.3. The monoisotopic (exact) mass is 1320 g/mol. The highest BCUT2D eigenvalue weighted by atomic mass is 31.2. The van der Waals surface area contributed by atoms with Gasteiger partial charge >= 0.3 is 39.5 Å². The molecule has 0 aliphatic rings. The van der Waals surface area contributed by atoms with Crippen molar-refractivity contribution >= 4 is 39.5 Å². The van der Waals surface area contributed by atoms with Crippen molar-refractivity contribution in [2.24, 2.45) is 0 Å². The summed E-state index contributed by atoms with van der Waals surface area (Å²) >= 11 is 0. The molecule has 0 aliphatic carbocycles. The van der Waals surface area contributed by atoms with Gasteiger partial charge in [0.05, 0.1) is 26.4 Å². The van der Waals surface area contributed by atoms with Crippen LogP contribution in [-0.2, 0) is 65.4 Å². The second kappa shape index (κ2) is 65.7. The van der Waals surface area contributed by atoms with Gasteiger partial charge in [0.25, 0.3) is 0 Å². The first-order valence-electron chi connectivity index (χ1n) is 37.3. The maximum absolute atomic E-state index is 13.0. The number of esters is 4. The summed E-state index contributed by atoms with van der Waals surface area (Å²) in [4.78, 5) is 72.5. The molecule has 0 aromatic carbocycles. The number of phosphoric ester groups is 2. The van der Waals surface area contributed by atoms with Gasteiger partial charge in [-0.25, -0.2) is 9.13 Å². The van der Waals surface area contributed by atoms with E-state index in [1.807, 2.05) is 0 Å². The fourth-order valence-corrected chi connectivity index (χ4v) is 12.4. The van der Waals surface area contributed by atoms with Gasteiger partial charge in [0.15, 0.2) is 12.2 Å². The summed E-state index contributed by atoms with van der Waals surface area (Å²) in [5.41, 5.74) is 0. The number of carbonyl (C=O) groups is 4. The Labute approximate surface area is 549 Å². The quantitative estimate of drug-likeness (QED) is 0.0222. The highest BCUT2D eigenvalue weighted by Gasteiger charge is 2.30. The summed E-state index contributed by atoms with van der Waals surface area (Å²) in [6.07, 6.45) is 53.9. The van der Waals surface area contributed by atoms with E-state index in [4.69, 9.17) is 37.0 Å². The standard InChI is InChI=1S/C71H138O17P2/c1-5-9-13-17-21-25-29-31-33-35-37-41-44-48-52-56-69(74)82-62-67(88-71(76)58-54-50-46-42-38-36-34-32-30-26-22-18-14-10-6-2)64-86-90(79,80)84-60-65(72)59-83-89(77,78)85-63-66(87-70(75)57-53-49-45-40-28-24-20-16-12-8-4)61-81-68(73)55-51-47-43-39-27-23-19-15-11-7-3/h65-67,72H,5-64H2,1-4H3,(H,77,78)(H,79,80)/t65-,66+,67+/m0/s1. The average molecular weight is 1330 g/mol. The fraction of sp³-hybridized carbons (Fsp3) is 0.944. The summed E-state index contributed by atoms with van der Waals surface area (Å²) in [5.74, 6) is -2.12. The zero-order chi connectivity index (χ0) is 66.1. The molecule has 0 spiro atoms. The molecule has 3 N–H and O–H groups in total. The van der Waals surface area contributed by atoms with Crippen LogP contribution in [-0.4, -0.2) is 96.7 Å². The molecule has 0 amide bonds. The van der Waals surface area contributed by atoms with E-state index in [0.717, 1.165) is 89.9 Å². The molecule has 0 rings (SSSR count). The third-order valence-electron chi connectivity index (χ3n) is 16.6. The predicted molar refractivity (Wildman–Crippen MR) is 363 cm³/mol. The molecule has 534 valence electrons. The smallest absolute Gasteiger partial charge is 0.462 e. The Morgan fingerprint density at radius 1 is 0.267 bits per heavy atom. The van der Waals surface area contributed by atoms with Crippen LogP contribution < -0.4 is 0 Å². The summed E-state index contributed by atoms with van der Waals surface area (Å²) in [7, 11) is -9.90. The highest BCUT2D eigenvalue weighted by Crippen LogP contribution is 2.45. The number of aliphatic hydroxyl groups is 1. The molecule has 0 fully saturated rings. The predicted octanol–water partition coefficient (Wildman–Crippen LogP) is 20.7. The molecule has 0 aromatic rings. The molecule has 0 aliphatic heterocycles. The summed E-state index contributed by atoms with van der Waals surface area (Å²) < 4.78 is 68.3. The van der Waals surface area contributed by atoms with Crippen LogP contribution in [0, 0.1) is 0 Å². The number of carbonyl (C=O) groups excluding carboxylic acids is 4. The van der Waals surface area contributed by atoms with Crippen molar-refractivity contribution in [3.63, 3.8) is 0 Å². The van der Waals surface area contributed by atoms with Crippen LogP contribution in [0.5, 0.6) is 0 Å². The van der Waals surface area contributed by atoms with Crippen molar-refractivity contribution in [3.05, 3.63) is 0 Å². The maximum Gasteiger partial charge on any atom is 0.472 e. The summed E-state index contributed by atoms with van der Waals surface area (Å²) in [5, 5.41) is 10.6. The van der Waals surface area contributed by atoms with Crippen LogP contribution in [0.25, 0.3) is 0 Å². The number of ether oxygens (including phenoxy) is 4. The molecule has 0 saturated heterocycles. The number of hydrogen-bond donors (Lipinski definition) is 3. The van der Waals surface area contributed by atoms with Gasteiger partial charge in [-0.15, -0.1) is 0 Å². The molecule has 90 heavy (non-hydrogen) atoms. The van der Waals surface area contributed by atoms with Crippen LogP contribution in [0.4, 0.5) is 0 Å². The zero-order valence-electron chi connectivity index (χ0n) is 58.1. The second-order valence-corrected chi connectivity index (χ2v) is 28.5. The van der Waals surface area contributed by atoms with Gasteiger partial charge in [0.2, 0.25) is 0 Å². The van der Waals surface area contributed by atoms with E-state index in [0.29, 0.717) is 25.7 Å². The SMILES string of the molecule is CCCCCCCCCCCCCCCCCC(=O)OC[C@H](COP(=O)(O)OC[C@@H](O)COP(=O)(O)OC[C@@H](COC(=O)CCCCCCCCCCCC)OC(=O)CCCCCCCCCCCC)OC(=O)CCCCCCCCCCCCCCCCC. The van der Waals surface area contributed by atoms with Crippen LogP contribution in [0.2, 0.25) is 0 Å². The molecular weight excluding hydrogens is 1190 g/mol. The lowest BCUT2D eigenvalue weighted by Gasteiger charge is -2.21. The number of aliphatic hydroxyl groups excluding tert-OH is 1. The van der Waals surface area contributed by atoms with E-state index in [2.05, 4.69) is 27.7 Å². The Hall–Kier alpha value is -1.94. The minimum atomic E-state index is -4.95. The van der Waals surface area contributed by atoms with E-state index in [9.17, 15) is 43.2 Å². The number of unbranched alkanes of at least 4 members (excludes halogenated alkanes) is 46. The molecular formula is C71H138O17P2. The summed E-state index contributed by atoms with van der Waals surface area (Å²) in [6, 6.07) is 0. The van der Waals surface area contributed by atoms with Crippen LogP contribution in [0.15, 0.2) is 0 Å². The number of rotatable bonds is 72. The molecule has 0 bridgehead atoms. The Morgan fingerprint density at radius 3 is 0.656 bits per heavy atom. The van der Waals surface area contributed by atoms with E-state index < -0.39 is 97.5 Å². The van der Waals surface area contributed by atoms with Crippen molar-refractivity contribution in [2.45, 2.75) is 393 Å². The zero-order valence-corrected chi connectivity index (χ0v) is 59.9. The fourth-order valence-electron chi connectivity index (χ4n) is 10.9. The molecule has 2 unspecified atom stereocenters. The first-order chi connectivity index (χ1) is 43.7. The van der Waals surface area contributed by atoms with Crippen molar-refractivity contribution in [1.82, 2.24) is 0 Å². The van der Waals surface area contributed by atoms with Gasteiger partial charge in [-0.1, -0.05) is 323 Å². The molecule has 0 aromatic heterocycles. The Bertz CT molecular complexity index is 1720. The largest absolute Gasteiger partial charge is 0.472 e. The second-order valence-electron chi connectivity index (χ2n) is 25.6. The molecule has 0 radical (unpaired) electrons. The summed E-state index contributed by atoms with van der Waals surface area (Å²) in [6.45, 7) is 4.94. The molecule has 0 heterocycles. The molecule has 19 heteroatoms. The van der Waals surface area contributed by atoms with Gasteiger partial charge in [-0.3, -0.25) is 37.3 Å². The third kappa shape index (κ3) is 64.8. The third-order valence-corrected chi connectivity index (χ3v) is 18.5. The van der Waals surface area contributed by atoms with Crippen molar-refractivity contribution in [1.29, 1.82) is 0 Å². The molecule has 5 atom stereocenters. The van der Waals surface area contributed by atoms with Crippen LogP contribution >= 0.6 is 15.6 Å². The van der Waals surface area contributed by atoms with Gasteiger partial charge in [0.1, 0.15) is 19.3 Å². The lowest BCUT2D eigenvalue weighted by molar-refractivity contribution is -0.161.